The van der Waals surface area contributed by atoms with E-state index in [1.54, 1.807) is 24.3 Å². The number of aliphatic carboxylic acids is 1. The maximum Gasteiger partial charge on any atom is 0.324 e. The van der Waals surface area contributed by atoms with Gasteiger partial charge in [-0.2, -0.15) is 0 Å². The molecule has 0 saturated heterocycles. The van der Waals surface area contributed by atoms with Crippen LogP contribution in [0.15, 0.2) is 24.3 Å². The summed E-state index contributed by atoms with van der Waals surface area (Å²) in [5.74, 6) is -1.82. The van der Waals surface area contributed by atoms with Crippen LogP contribution < -0.4 is 5.32 Å². The van der Waals surface area contributed by atoms with Crippen LogP contribution >= 0.6 is 11.6 Å². The smallest absolute Gasteiger partial charge is 0.324 e. The number of nitrogens with one attached hydrogen (secondary N) is 1. The zero-order valence-electron chi connectivity index (χ0n) is 12.8. The molecule has 0 spiro atoms. The molecule has 0 bridgehead atoms. The SMILES string of the molecule is O=COC[C@H](N[C@]1(c2ccccc2Cl)CCC[C@@H](O)C1=O)C(=O)O. The molecule has 7 nitrogen and oxygen atoms in total. The Kier molecular flexibility index (Phi) is 5.93. The number of Topliss-reactive ketones (excluding diaryl/α,β-unsaturated/α-hetero) is 1. The molecule has 8 heteroatoms. The summed E-state index contributed by atoms with van der Waals surface area (Å²) in [6.07, 6.45) is -0.136. The molecule has 0 heterocycles. The molecule has 1 aliphatic carbocycles. The Bertz CT molecular complexity index is 637. The Labute approximate surface area is 143 Å². The van der Waals surface area contributed by atoms with Gasteiger partial charge in [-0.3, -0.25) is 19.7 Å². The van der Waals surface area contributed by atoms with Gasteiger partial charge in [-0.15, -0.1) is 0 Å². The molecule has 1 saturated carbocycles. The predicted octanol–water partition coefficient (Wildman–Crippen LogP) is 0.865. The van der Waals surface area contributed by atoms with Gasteiger partial charge in [0.05, 0.1) is 0 Å². The second kappa shape index (κ2) is 7.74. The van der Waals surface area contributed by atoms with Crippen molar-refractivity contribution in [1.29, 1.82) is 0 Å². The largest absolute Gasteiger partial charge is 0.480 e. The average Bonchev–Trinajstić information content (AvgIpc) is 2.55. The van der Waals surface area contributed by atoms with Crippen LogP contribution in [-0.4, -0.2) is 47.2 Å². The fraction of sp³-hybridized carbons (Fsp3) is 0.438. The van der Waals surface area contributed by atoms with Crippen molar-refractivity contribution in [3.8, 4) is 0 Å². The maximum atomic E-state index is 12.8. The summed E-state index contributed by atoms with van der Waals surface area (Å²) in [4.78, 5) is 34.6. The molecule has 0 aliphatic heterocycles. The minimum atomic E-state index is -1.45. The number of benzene rings is 1. The van der Waals surface area contributed by atoms with Gasteiger partial charge in [0, 0.05) is 5.02 Å². The lowest BCUT2D eigenvalue weighted by Gasteiger charge is -2.41. The summed E-state index contributed by atoms with van der Waals surface area (Å²) >= 11 is 6.22. The number of carbonyl (C=O) groups is 3. The molecular formula is C16H18ClNO6. The van der Waals surface area contributed by atoms with E-state index in [0.717, 1.165) is 0 Å². The molecule has 0 amide bonds. The molecule has 1 aromatic rings. The topological polar surface area (TPSA) is 113 Å². The average molecular weight is 356 g/mol. The number of ketones is 1. The second-order valence-corrected chi connectivity index (χ2v) is 6.03. The lowest BCUT2D eigenvalue weighted by molar-refractivity contribution is -0.146. The van der Waals surface area contributed by atoms with E-state index >= 15 is 0 Å². The minimum absolute atomic E-state index is 0.136. The van der Waals surface area contributed by atoms with Crippen molar-refractivity contribution < 1.29 is 29.3 Å². The van der Waals surface area contributed by atoms with Crippen molar-refractivity contribution in [1.82, 2.24) is 5.32 Å². The fourth-order valence-electron chi connectivity index (χ4n) is 3.00. The molecule has 0 aromatic heterocycles. The van der Waals surface area contributed by atoms with E-state index in [9.17, 15) is 24.6 Å². The van der Waals surface area contributed by atoms with Crippen molar-refractivity contribution >= 4 is 29.8 Å². The Balaban J connectivity index is 2.47. The first kappa shape index (κ1) is 18.4. The Hall–Kier alpha value is -1.96. The van der Waals surface area contributed by atoms with Crippen molar-refractivity contribution in [2.24, 2.45) is 0 Å². The van der Waals surface area contributed by atoms with Gasteiger partial charge in [-0.25, -0.2) is 0 Å². The first-order valence-electron chi connectivity index (χ1n) is 7.45. The molecule has 130 valence electrons. The number of hydrogen-bond donors (Lipinski definition) is 3. The van der Waals surface area contributed by atoms with E-state index in [2.05, 4.69) is 10.1 Å². The molecule has 1 aromatic carbocycles. The molecule has 2 rings (SSSR count). The molecule has 0 radical (unpaired) electrons. The summed E-state index contributed by atoms with van der Waals surface area (Å²) in [6.45, 7) is -0.314. The first-order valence-corrected chi connectivity index (χ1v) is 7.83. The zero-order chi connectivity index (χ0) is 17.7. The Morgan fingerprint density at radius 2 is 2.21 bits per heavy atom. The highest BCUT2D eigenvalue weighted by atomic mass is 35.5. The number of rotatable bonds is 7. The van der Waals surface area contributed by atoms with Crippen LogP contribution in [-0.2, 0) is 24.7 Å². The summed E-state index contributed by atoms with van der Waals surface area (Å²) in [5.41, 5.74) is -1.06. The Morgan fingerprint density at radius 3 is 2.83 bits per heavy atom. The van der Waals surface area contributed by atoms with E-state index in [1.807, 2.05) is 0 Å². The van der Waals surface area contributed by atoms with Crippen LogP contribution in [0.3, 0.4) is 0 Å². The van der Waals surface area contributed by atoms with E-state index < -0.39 is 36.0 Å². The molecule has 1 aliphatic rings. The van der Waals surface area contributed by atoms with Crippen molar-refractivity contribution in [2.75, 3.05) is 6.61 Å². The summed E-state index contributed by atoms with van der Waals surface area (Å²) < 4.78 is 4.54. The van der Waals surface area contributed by atoms with Gasteiger partial charge in [-0.1, -0.05) is 29.8 Å². The second-order valence-electron chi connectivity index (χ2n) is 5.62. The monoisotopic (exact) mass is 355 g/mol. The lowest BCUT2D eigenvalue weighted by Crippen LogP contribution is -2.61. The lowest BCUT2D eigenvalue weighted by atomic mass is 9.73. The summed E-state index contributed by atoms with van der Waals surface area (Å²) in [6, 6.07) is 5.25. The quantitative estimate of drug-likeness (QED) is 0.622. The van der Waals surface area contributed by atoms with Crippen LogP contribution in [0.5, 0.6) is 0 Å². The van der Waals surface area contributed by atoms with Crippen LogP contribution in [0.2, 0.25) is 5.02 Å². The number of hydrogen-bond acceptors (Lipinski definition) is 6. The molecule has 0 unspecified atom stereocenters. The number of carbonyl (C=O) groups excluding carboxylic acids is 2. The van der Waals surface area contributed by atoms with Gasteiger partial charge < -0.3 is 14.9 Å². The number of halogens is 1. The highest BCUT2D eigenvalue weighted by molar-refractivity contribution is 6.31. The van der Waals surface area contributed by atoms with Crippen molar-refractivity contribution in [3.05, 3.63) is 34.9 Å². The molecule has 1 fully saturated rings. The van der Waals surface area contributed by atoms with Crippen LogP contribution in [0.1, 0.15) is 24.8 Å². The van der Waals surface area contributed by atoms with Gasteiger partial charge in [0.15, 0.2) is 5.78 Å². The van der Waals surface area contributed by atoms with E-state index in [1.165, 1.54) is 0 Å². The van der Waals surface area contributed by atoms with Crippen LogP contribution in [0.4, 0.5) is 0 Å². The number of carboxylic acid groups (broad SMARTS) is 1. The van der Waals surface area contributed by atoms with Gasteiger partial charge in [0.1, 0.15) is 24.3 Å². The molecule has 3 N–H and O–H groups in total. The molecular weight excluding hydrogens is 338 g/mol. The van der Waals surface area contributed by atoms with Gasteiger partial charge in [0.2, 0.25) is 0 Å². The third kappa shape index (κ3) is 3.58. The number of ether oxygens (including phenoxy) is 1. The third-order valence-electron chi connectivity index (χ3n) is 4.14. The summed E-state index contributed by atoms with van der Waals surface area (Å²) in [7, 11) is 0. The fourth-order valence-corrected chi connectivity index (χ4v) is 3.30. The first-order chi connectivity index (χ1) is 11.4. The molecule has 24 heavy (non-hydrogen) atoms. The van der Waals surface area contributed by atoms with Gasteiger partial charge in [0.25, 0.3) is 6.47 Å². The van der Waals surface area contributed by atoms with E-state index in [0.29, 0.717) is 18.4 Å². The van der Waals surface area contributed by atoms with E-state index in [-0.39, 0.29) is 17.9 Å². The van der Waals surface area contributed by atoms with Gasteiger partial charge >= 0.3 is 5.97 Å². The normalized spacial score (nSPS) is 25.1. The van der Waals surface area contributed by atoms with Crippen molar-refractivity contribution in [2.45, 2.75) is 36.9 Å². The zero-order valence-corrected chi connectivity index (χ0v) is 13.5. The predicted molar refractivity (Wildman–Crippen MR) is 84.6 cm³/mol. The van der Waals surface area contributed by atoms with Crippen molar-refractivity contribution in [3.63, 3.8) is 0 Å². The Morgan fingerprint density at radius 1 is 1.50 bits per heavy atom. The van der Waals surface area contributed by atoms with Crippen LogP contribution in [0, 0.1) is 0 Å². The number of aliphatic hydroxyl groups excluding tert-OH is 1. The maximum absolute atomic E-state index is 12.8. The third-order valence-corrected chi connectivity index (χ3v) is 4.47. The van der Waals surface area contributed by atoms with Gasteiger partial charge in [-0.05, 0) is 30.9 Å². The van der Waals surface area contributed by atoms with E-state index in [4.69, 9.17) is 11.6 Å². The highest BCUT2D eigenvalue weighted by Crippen LogP contribution is 2.38. The highest BCUT2D eigenvalue weighted by Gasteiger charge is 2.48. The van der Waals surface area contributed by atoms with Crippen LogP contribution in [0.25, 0.3) is 0 Å². The number of carboxylic acids is 1. The minimum Gasteiger partial charge on any atom is -0.480 e. The standard InChI is InChI=1S/C16H18ClNO6/c17-11-5-2-1-4-10(11)16(7-3-6-13(20)14(16)21)18-12(15(22)23)8-24-9-19/h1-2,4-5,9,12-13,18,20H,3,6-8H2,(H,22,23)/t12-,13+,16-/m0/s1. The summed E-state index contributed by atoms with van der Waals surface area (Å²) in [5, 5.41) is 22.4. The number of aliphatic hydroxyl groups is 1. The molecule has 3 atom stereocenters.